The summed E-state index contributed by atoms with van der Waals surface area (Å²) < 4.78 is 17.7. The summed E-state index contributed by atoms with van der Waals surface area (Å²) >= 11 is 0. The van der Waals surface area contributed by atoms with Crippen LogP contribution in [-0.2, 0) is 14.1 Å². The fraction of sp³-hybridized carbons (Fsp3) is 0.526. The van der Waals surface area contributed by atoms with Gasteiger partial charge in [-0.05, 0) is 57.8 Å². The maximum absolute atomic E-state index is 11.4. The molecule has 0 bridgehead atoms. The Bertz CT molecular complexity index is 621. The van der Waals surface area contributed by atoms with Crippen LogP contribution in [0.25, 0.3) is 6.08 Å². The van der Waals surface area contributed by atoms with Crippen molar-refractivity contribution in [1.29, 1.82) is 0 Å². The number of carbonyl (C=O) groups excluding carboxylic acids is 1. The van der Waals surface area contributed by atoms with Crippen LogP contribution in [0.1, 0.15) is 47.1 Å². The van der Waals surface area contributed by atoms with Crippen molar-refractivity contribution in [1.82, 2.24) is 5.32 Å². The van der Waals surface area contributed by atoms with Crippen molar-refractivity contribution >= 4 is 19.1 Å². The Morgan fingerprint density at radius 1 is 1.16 bits per heavy atom. The summed E-state index contributed by atoms with van der Waals surface area (Å²) in [5, 5.41) is 2.84. The average Bonchev–Trinajstić information content (AvgIpc) is 2.73. The molecule has 0 spiro atoms. The normalized spacial score (nSPS) is 19.0. The molecule has 1 saturated heterocycles. The summed E-state index contributed by atoms with van der Waals surface area (Å²) in [6.07, 6.45) is 1.99. The monoisotopic (exact) mass is 345 g/mol. The Balaban J connectivity index is 2.25. The van der Waals surface area contributed by atoms with E-state index in [9.17, 15) is 4.79 Å². The van der Waals surface area contributed by atoms with Crippen LogP contribution < -0.4 is 10.1 Å². The van der Waals surface area contributed by atoms with Crippen LogP contribution in [-0.4, -0.2) is 37.4 Å². The molecule has 0 aliphatic carbocycles. The van der Waals surface area contributed by atoms with Crippen LogP contribution in [0.15, 0.2) is 29.7 Å². The van der Waals surface area contributed by atoms with Crippen molar-refractivity contribution in [2.45, 2.75) is 52.7 Å². The first kappa shape index (κ1) is 19.5. The summed E-state index contributed by atoms with van der Waals surface area (Å²) in [4.78, 5) is 11.4. The van der Waals surface area contributed by atoms with E-state index >= 15 is 0 Å². The highest BCUT2D eigenvalue weighted by atomic mass is 16.7. The molecule has 1 aromatic rings. The molecule has 25 heavy (non-hydrogen) atoms. The molecule has 1 heterocycles. The third-order valence-corrected chi connectivity index (χ3v) is 4.64. The highest BCUT2D eigenvalue weighted by Gasteiger charge is 2.52. The fourth-order valence-electron chi connectivity index (χ4n) is 2.46. The molecule has 2 rings (SSSR count). The largest absolute Gasteiger partial charge is 0.494 e. The van der Waals surface area contributed by atoms with Gasteiger partial charge < -0.3 is 19.4 Å². The van der Waals surface area contributed by atoms with Gasteiger partial charge in [0.25, 0.3) is 0 Å². The lowest BCUT2D eigenvalue weighted by atomic mass is 9.77. The van der Waals surface area contributed by atoms with Crippen LogP contribution in [0.5, 0.6) is 5.75 Å². The molecule has 1 N–H and O–H groups in total. The molecular weight excluding hydrogens is 317 g/mol. The van der Waals surface area contributed by atoms with E-state index in [1.54, 1.807) is 0 Å². The molecule has 1 aliphatic rings. The predicted octanol–water partition coefficient (Wildman–Crippen LogP) is 3.24. The molecule has 1 aromatic carbocycles. The number of hydrogen-bond donors (Lipinski definition) is 1. The van der Waals surface area contributed by atoms with Gasteiger partial charge in [0.15, 0.2) is 0 Å². The summed E-state index contributed by atoms with van der Waals surface area (Å²) in [6, 6.07) is 7.80. The van der Waals surface area contributed by atoms with E-state index in [0.717, 1.165) is 16.8 Å². The van der Waals surface area contributed by atoms with Gasteiger partial charge in [0, 0.05) is 13.5 Å². The van der Waals surface area contributed by atoms with Crippen molar-refractivity contribution < 1.29 is 18.8 Å². The summed E-state index contributed by atoms with van der Waals surface area (Å²) in [5.41, 5.74) is 1.02. The summed E-state index contributed by atoms with van der Waals surface area (Å²) in [7, 11) is -0.497. The quantitative estimate of drug-likeness (QED) is 0.805. The molecule has 0 aromatic heterocycles. The lowest BCUT2D eigenvalue weighted by Gasteiger charge is -2.32. The second-order valence-corrected chi connectivity index (χ2v) is 7.22. The second kappa shape index (κ2) is 7.62. The summed E-state index contributed by atoms with van der Waals surface area (Å²) in [5.74, 6) is 0.743. The van der Waals surface area contributed by atoms with Gasteiger partial charge in [-0.15, -0.1) is 0 Å². The maximum atomic E-state index is 11.4. The van der Waals surface area contributed by atoms with Crippen molar-refractivity contribution in [3.05, 3.63) is 35.3 Å². The zero-order valence-electron chi connectivity index (χ0n) is 16.0. The lowest BCUT2D eigenvalue weighted by Crippen LogP contribution is -2.41. The molecule has 0 atom stereocenters. The number of rotatable bonds is 6. The minimum atomic E-state index is -0.497. The molecule has 0 saturated carbocycles. The van der Waals surface area contributed by atoms with Crippen LogP contribution in [0.2, 0.25) is 0 Å². The van der Waals surface area contributed by atoms with E-state index in [1.807, 2.05) is 65.0 Å². The minimum Gasteiger partial charge on any atom is -0.494 e. The average molecular weight is 345 g/mol. The van der Waals surface area contributed by atoms with Crippen molar-refractivity contribution in [2.24, 2.45) is 0 Å². The van der Waals surface area contributed by atoms with Gasteiger partial charge >= 0.3 is 7.12 Å². The Kier molecular flexibility index (Phi) is 5.96. The first-order chi connectivity index (χ1) is 11.6. The van der Waals surface area contributed by atoms with Gasteiger partial charge in [-0.25, -0.2) is 0 Å². The van der Waals surface area contributed by atoms with Crippen LogP contribution >= 0.6 is 0 Å². The first-order valence-electron chi connectivity index (χ1n) is 8.68. The smallest absolute Gasteiger partial charge is 0.492 e. The van der Waals surface area contributed by atoms with Gasteiger partial charge in [0.05, 0.1) is 17.8 Å². The molecule has 1 amide bonds. The Hall–Kier alpha value is -1.79. The molecule has 136 valence electrons. The van der Waals surface area contributed by atoms with Gasteiger partial charge in [-0.2, -0.15) is 0 Å². The second-order valence-electron chi connectivity index (χ2n) is 7.22. The number of hydrogen-bond acceptors (Lipinski definition) is 4. The standard InChI is InChI=1S/C19H28BNO4/c1-7-23-17-10-8-15(9-11-17)12-16(13-21-14(2)22)20-24-18(3,4)19(5,6)25-20/h8-12H,7,13H2,1-6H3,(H,21,22). The Labute approximate surface area is 150 Å². The zero-order chi connectivity index (χ0) is 18.7. The molecule has 6 heteroatoms. The lowest BCUT2D eigenvalue weighted by molar-refractivity contribution is -0.118. The van der Waals surface area contributed by atoms with E-state index in [2.05, 4.69) is 5.32 Å². The number of nitrogens with one attached hydrogen (secondary N) is 1. The molecular formula is C19H28BNO4. The SMILES string of the molecule is CCOc1ccc(C=C(CNC(C)=O)B2OC(C)(C)C(C)(C)O2)cc1. The van der Waals surface area contributed by atoms with E-state index in [-0.39, 0.29) is 5.91 Å². The van der Waals surface area contributed by atoms with E-state index in [4.69, 9.17) is 14.0 Å². The van der Waals surface area contributed by atoms with Gasteiger partial charge in [0.2, 0.25) is 5.91 Å². The number of amides is 1. The fourth-order valence-corrected chi connectivity index (χ4v) is 2.46. The highest BCUT2D eigenvalue weighted by Crippen LogP contribution is 2.38. The minimum absolute atomic E-state index is 0.0888. The summed E-state index contributed by atoms with van der Waals surface area (Å²) in [6.45, 7) is 12.5. The molecule has 0 unspecified atom stereocenters. The van der Waals surface area contributed by atoms with E-state index < -0.39 is 18.3 Å². The predicted molar refractivity (Wildman–Crippen MR) is 100 cm³/mol. The highest BCUT2D eigenvalue weighted by molar-refractivity contribution is 6.56. The van der Waals surface area contributed by atoms with Crippen molar-refractivity contribution in [3.8, 4) is 5.75 Å². The molecule has 5 nitrogen and oxygen atoms in total. The first-order valence-corrected chi connectivity index (χ1v) is 8.68. The van der Waals surface area contributed by atoms with Crippen molar-refractivity contribution in [2.75, 3.05) is 13.2 Å². The zero-order valence-corrected chi connectivity index (χ0v) is 16.0. The van der Waals surface area contributed by atoms with Crippen LogP contribution in [0.3, 0.4) is 0 Å². The van der Waals surface area contributed by atoms with Crippen LogP contribution in [0, 0.1) is 0 Å². The number of carbonyl (C=O) groups is 1. The molecule has 1 fully saturated rings. The van der Waals surface area contributed by atoms with Gasteiger partial charge in [0.1, 0.15) is 5.75 Å². The van der Waals surface area contributed by atoms with Gasteiger partial charge in [-0.1, -0.05) is 18.2 Å². The van der Waals surface area contributed by atoms with Crippen molar-refractivity contribution in [3.63, 3.8) is 0 Å². The van der Waals surface area contributed by atoms with Crippen LogP contribution in [0.4, 0.5) is 0 Å². The van der Waals surface area contributed by atoms with Gasteiger partial charge in [-0.3, -0.25) is 4.79 Å². The number of benzene rings is 1. The van der Waals surface area contributed by atoms with E-state index in [1.165, 1.54) is 6.92 Å². The Morgan fingerprint density at radius 2 is 1.72 bits per heavy atom. The molecule has 0 radical (unpaired) electrons. The van der Waals surface area contributed by atoms with E-state index in [0.29, 0.717) is 13.2 Å². The number of ether oxygens (including phenoxy) is 1. The maximum Gasteiger partial charge on any atom is 0.492 e. The third kappa shape index (κ3) is 4.86. The topological polar surface area (TPSA) is 56.8 Å². The molecule has 1 aliphatic heterocycles. The third-order valence-electron chi connectivity index (χ3n) is 4.64. The Morgan fingerprint density at radius 3 is 2.20 bits per heavy atom.